The zero-order valence-electron chi connectivity index (χ0n) is 16.9. The fourth-order valence-electron chi connectivity index (χ4n) is 3.42. The molecule has 1 atom stereocenters. The Labute approximate surface area is 169 Å². The van der Waals surface area contributed by atoms with Crippen molar-refractivity contribution in [2.75, 3.05) is 20.7 Å². The molecule has 0 radical (unpaired) electrons. The number of likely N-dealkylation sites (N-methyl/N-ethyl adjacent to an activating group) is 1. The molecule has 0 saturated carbocycles. The van der Waals surface area contributed by atoms with Crippen LogP contribution in [0, 0.1) is 5.82 Å². The van der Waals surface area contributed by atoms with Crippen LogP contribution in [0.1, 0.15) is 18.1 Å². The molecule has 6 heteroatoms. The van der Waals surface area contributed by atoms with Gasteiger partial charge in [-0.05, 0) is 69.3 Å². The minimum atomic E-state index is -0.304. The molecule has 3 aromatic rings. The second-order valence-electron chi connectivity index (χ2n) is 7.69. The van der Waals surface area contributed by atoms with Crippen LogP contribution in [-0.2, 0) is 12.8 Å². The number of aryl methyl sites for hydroxylation is 2. The Morgan fingerprint density at radius 1 is 1.14 bits per heavy atom. The number of rotatable bonds is 5. The van der Waals surface area contributed by atoms with Gasteiger partial charge in [0.2, 0.25) is 0 Å². The summed E-state index contributed by atoms with van der Waals surface area (Å²) in [6.07, 6.45) is 1.50. The van der Waals surface area contributed by atoms with Gasteiger partial charge in [-0.3, -0.25) is 4.79 Å². The maximum absolute atomic E-state index is 13.8. The van der Waals surface area contributed by atoms with Gasteiger partial charge >= 0.3 is 0 Å². The largest absolute Gasteiger partial charge is 0.492 e. The molecule has 1 aliphatic rings. The summed E-state index contributed by atoms with van der Waals surface area (Å²) in [5, 5.41) is 4.60. The topological polar surface area (TPSA) is 47.4 Å². The minimum absolute atomic E-state index is 0.206. The van der Waals surface area contributed by atoms with Crippen molar-refractivity contribution < 1.29 is 9.13 Å². The lowest BCUT2D eigenvalue weighted by atomic mass is 9.89. The van der Waals surface area contributed by atoms with Crippen LogP contribution >= 0.6 is 0 Å². The lowest BCUT2D eigenvalue weighted by molar-refractivity contribution is 0.198. The van der Waals surface area contributed by atoms with Gasteiger partial charge in [-0.25, -0.2) is 4.39 Å². The molecule has 0 bridgehead atoms. The molecule has 1 unspecified atom stereocenters. The van der Waals surface area contributed by atoms with Crippen LogP contribution in [0.15, 0.2) is 53.3 Å². The molecule has 0 amide bonds. The molecule has 1 aromatic heterocycles. The Bertz CT molecular complexity index is 1110. The molecule has 1 heterocycles. The van der Waals surface area contributed by atoms with E-state index in [-0.39, 0.29) is 17.4 Å². The molecule has 0 saturated heterocycles. The second kappa shape index (κ2) is 7.79. The van der Waals surface area contributed by atoms with E-state index in [1.807, 2.05) is 32.3 Å². The van der Waals surface area contributed by atoms with Crippen LogP contribution in [0.25, 0.3) is 16.9 Å². The van der Waals surface area contributed by atoms with Gasteiger partial charge < -0.3 is 9.64 Å². The summed E-state index contributed by atoms with van der Waals surface area (Å²) in [4.78, 5) is 14.8. The van der Waals surface area contributed by atoms with Crippen LogP contribution in [0.4, 0.5) is 4.39 Å². The fourth-order valence-corrected chi connectivity index (χ4v) is 3.42. The summed E-state index contributed by atoms with van der Waals surface area (Å²) in [7, 11) is 4.00. The van der Waals surface area contributed by atoms with E-state index in [1.54, 1.807) is 18.2 Å². The highest BCUT2D eigenvalue weighted by molar-refractivity contribution is 5.69. The smallest absolute Gasteiger partial charge is 0.271 e. The summed E-state index contributed by atoms with van der Waals surface area (Å²) in [6, 6.07) is 14.0. The van der Waals surface area contributed by atoms with Gasteiger partial charge in [-0.1, -0.05) is 12.1 Å². The van der Waals surface area contributed by atoms with E-state index in [1.165, 1.54) is 16.8 Å². The molecule has 29 heavy (non-hydrogen) atoms. The van der Waals surface area contributed by atoms with Crippen molar-refractivity contribution in [3.05, 3.63) is 75.8 Å². The standard InChI is InChI=1S/C23H24FN3O2/c1-15(26(2)3)14-29-20-6-4-5-19(13-20)27-22(28)11-17-8-7-16-9-10-18(24)12-21(16)23(17)25-27/h4-6,9-13,15H,7-8,14H2,1-3H3. The molecule has 0 spiro atoms. The number of hydrogen-bond acceptors (Lipinski definition) is 4. The Kier molecular flexibility index (Phi) is 5.20. The summed E-state index contributed by atoms with van der Waals surface area (Å²) in [6.45, 7) is 2.62. The third-order valence-corrected chi connectivity index (χ3v) is 5.44. The molecule has 5 nitrogen and oxygen atoms in total. The Balaban J connectivity index is 1.71. The van der Waals surface area contributed by atoms with Crippen molar-refractivity contribution >= 4 is 0 Å². The highest BCUT2D eigenvalue weighted by Gasteiger charge is 2.20. The first-order chi connectivity index (χ1) is 13.9. The second-order valence-corrected chi connectivity index (χ2v) is 7.69. The Hall–Kier alpha value is -2.99. The lowest BCUT2D eigenvalue weighted by Gasteiger charge is -2.21. The molecular weight excluding hydrogens is 369 g/mol. The summed E-state index contributed by atoms with van der Waals surface area (Å²) >= 11 is 0. The summed E-state index contributed by atoms with van der Waals surface area (Å²) < 4.78 is 21.1. The first kappa shape index (κ1) is 19.3. The van der Waals surface area contributed by atoms with E-state index in [9.17, 15) is 9.18 Å². The van der Waals surface area contributed by atoms with Gasteiger partial charge in [0.05, 0.1) is 11.4 Å². The monoisotopic (exact) mass is 393 g/mol. The summed E-state index contributed by atoms with van der Waals surface area (Å²) in [5.41, 5.74) is 3.74. The average Bonchev–Trinajstić information content (AvgIpc) is 2.71. The number of hydrogen-bond donors (Lipinski definition) is 0. The lowest BCUT2D eigenvalue weighted by Crippen LogP contribution is -2.30. The van der Waals surface area contributed by atoms with Gasteiger partial charge in [-0.15, -0.1) is 0 Å². The normalized spacial score (nSPS) is 13.7. The quantitative estimate of drug-likeness (QED) is 0.666. The molecule has 0 N–H and O–H groups in total. The van der Waals surface area contributed by atoms with Gasteiger partial charge in [0.15, 0.2) is 0 Å². The molecular formula is C23H24FN3O2. The highest BCUT2D eigenvalue weighted by Crippen LogP contribution is 2.31. The third kappa shape index (κ3) is 3.93. The van der Waals surface area contributed by atoms with Crippen LogP contribution in [0.2, 0.25) is 0 Å². The van der Waals surface area contributed by atoms with Crippen molar-refractivity contribution in [2.24, 2.45) is 0 Å². The van der Waals surface area contributed by atoms with E-state index < -0.39 is 0 Å². The van der Waals surface area contributed by atoms with E-state index in [4.69, 9.17) is 4.74 Å². The van der Waals surface area contributed by atoms with E-state index >= 15 is 0 Å². The SMILES string of the molecule is CC(COc1cccc(-n2nc3c(cc2=O)CCc2ccc(F)cc2-3)c1)N(C)C. The van der Waals surface area contributed by atoms with Crippen LogP contribution in [0.5, 0.6) is 5.75 Å². The first-order valence-electron chi connectivity index (χ1n) is 9.74. The number of benzene rings is 2. The van der Waals surface area contributed by atoms with Crippen LogP contribution in [-0.4, -0.2) is 41.4 Å². The van der Waals surface area contributed by atoms with Crippen LogP contribution in [0.3, 0.4) is 0 Å². The average molecular weight is 393 g/mol. The predicted molar refractivity (Wildman–Crippen MR) is 111 cm³/mol. The predicted octanol–water partition coefficient (Wildman–Crippen LogP) is 3.47. The molecule has 4 rings (SSSR count). The van der Waals surface area contributed by atoms with Crippen molar-refractivity contribution in [2.45, 2.75) is 25.8 Å². The molecule has 0 aliphatic heterocycles. The van der Waals surface area contributed by atoms with Crippen molar-refractivity contribution in [3.8, 4) is 22.7 Å². The molecule has 150 valence electrons. The van der Waals surface area contributed by atoms with Gasteiger partial charge in [0.25, 0.3) is 5.56 Å². The van der Waals surface area contributed by atoms with Gasteiger partial charge in [0.1, 0.15) is 18.2 Å². The maximum atomic E-state index is 13.8. The van der Waals surface area contributed by atoms with Crippen molar-refractivity contribution in [3.63, 3.8) is 0 Å². The number of halogens is 1. The Morgan fingerprint density at radius 2 is 1.93 bits per heavy atom. The van der Waals surface area contributed by atoms with E-state index in [2.05, 4.69) is 16.9 Å². The number of ether oxygens (including phenoxy) is 1. The maximum Gasteiger partial charge on any atom is 0.271 e. The molecule has 0 fully saturated rings. The number of aromatic nitrogens is 2. The zero-order valence-corrected chi connectivity index (χ0v) is 16.9. The first-order valence-corrected chi connectivity index (χ1v) is 9.74. The number of nitrogens with zero attached hydrogens (tertiary/aromatic N) is 3. The van der Waals surface area contributed by atoms with Crippen molar-refractivity contribution in [1.29, 1.82) is 0 Å². The zero-order chi connectivity index (χ0) is 20.5. The summed E-state index contributed by atoms with van der Waals surface area (Å²) in [5.74, 6) is 0.371. The van der Waals surface area contributed by atoms with E-state index in [0.717, 1.165) is 29.5 Å². The van der Waals surface area contributed by atoms with E-state index in [0.29, 0.717) is 23.7 Å². The van der Waals surface area contributed by atoms with Crippen LogP contribution < -0.4 is 10.3 Å². The molecule has 2 aromatic carbocycles. The van der Waals surface area contributed by atoms with Gasteiger partial charge in [0, 0.05) is 23.7 Å². The van der Waals surface area contributed by atoms with Gasteiger partial charge in [-0.2, -0.15) is 9.78 Å². The number of fused-ring (bicyclic) bond motifs is 3. The molecule has 1 aliphatic carbocycles. The fraction of sp³-hybridized carbons (Fsp3) is 0.304. The van der Waals surface area contributed by atoms with Crippen molar-refractivity contribution in [1.82, 2.24) is 14.7 Å². The highest BCUT2D eigenvalue weighted by atomic mass is 19.1. The third-order valence-electron chi connectivity index (χ3n) is 5.44. The minimum Gasteiger partial charge on any atom is -0.492 e. The Morgan fingerprint density at radius 3 is 2.72 bits per heavy atom.